The summed E-state index contributed by atoms with van der Waals surface area (Å²) in [6.45, 7) is 0. The van der Waals surface area contributed by atoms with Crippen molar-refractivity contribution in [2.24, 2.45) is 0 Å². The Morgan fingerprint density at radius 3 is 1.39 bits per heavy atom. The Bertz CT molecular complexity index is 606. The second kappa shape index (κ2) is 8.56. The number of hydrogen-bond acceptors (Lipinski definition) is 4. The van der Waals surface area contributed by atoms with Crippen molar-refractivity contribution >= 4 is 35.1 Å². The molecule has 0 radical (unpaired) electrons. The van der Waals surface area contributed by atoms with Crippen LogP contribution in [0.15, 0.2) is 48.5 Å². The highest BCUT2D eigenvalue weighted by Gasteiger charge is 2.09. The van der Waals surface area contributed by atoms with Gasteiger partial charge in [-0.1, -0.05) is 23.2 Å². The smallest absolute Gasteiger partial charge is 0.311 e. The Labute approximate surface area is 143 Å². The number of benzene rings is 2. The average Bonchev–Trinajstić information content (AvgIpc) is 2.52. The molecule has 2 aromatic carbocycles. The number of hydrogen-bond donors (Lipinski definition) is 0. The number of ether oxygens (including phenoxy) is 2. The normalized spacial score (nSPS) is 10.2. The van der Waals surface area contributed by atoms with E-state index >= 15 is 0 Å². The summed E-state index contributed by atoms with van der Waals surface area (Å²) in [6, 6.07) is 13.0. The summed E-state index contributed by atoms with van der Waals surface area (Å²) in [6.07, 6.45) is 0.593. The van der Waals surface area contributed by atoms with Gasteiger partial charge in [0.25, 0.3) is 0 Å². The van der Waals surface area contributed by atoms with Crippen LogP contribution in [0.4, 0.5) is 0 Å². The van der Waals surface area contributed by atoms with E-state index in [4.69, 9.17) is 32.7 Å². The molecule has 23 heavy (non-hydrogen) atoms. The van der Waals surface area contributed by atoms with E-state index in [1.54, 1.807) is 48.5 Å². The summed E-state index contributed by atoms with van der Waals surface area (Å²) >= 11 is 11.5. The van der Waals surface area contributed by atoms with E-state index < -0.39 is 11.9 Å². The average molecular weight is 353 g/mol. The standard InChI is InChI=1S/C17H14Cl2O4/c18-12-4-8-14(9-5-12)22-16(20)2-1-3-17(21)23-15-10-6-13(19)7-11-15/h4-11H,1-3H2. The van der Waals surface area contributed by atoms with Gasteiger partial charge in [0.1, 0.15) is 11.5 Å². The molecule has 0 aliphatic rings. The predicted molar refractivity (Wildman–Crippen MR) is 88.0 cm³/mol. The Balaban J connectivity index is 1.69. The molecular weight excluding hydrogens is 339 g/mol. The molecule has 120 valence electrons. The first-order chi connectivity index (χ1) is 11.0. The highest BCUT2D eigenvalue weighted by atomic mass is 35.5. The topological polar surface area (TPSA) is 52.6 Å². The molecule has 0 saturated carbocycles. The van der Waals surface area contributed by atoms with E-state index in [-0.39, 0.29) is 12.8 Å². The number of esters is 2. The van der Waals surface area contributed by atoms with Crippen molar-refractivity contribution in [2.75, 3.05) is 0 Å². The number of carbonyl (C=O) groups excluding carboxylic acids is 2. The lowest BCUT2D eigenvalue weighted by Crippen LogP contribution is -2.11. The molecule has 0 bridgehead atoms. The molecule has 0 atom stereocenters. The first-order valence-electron chi connectivity index (χ1n) is 6.95. The maximum atomic E-state index is 11.7. The Hall–Kier alpha value is -2.04. The second-order valence-electron chi connectivity index (χ2n) is 4.71. The number of rotatable bonds is 6. The van der Waals surface area contributed by atoms with Crippen LogP contribution in [-0.4, -0.2) is 11.9 Å². The van der Waals surface area contributed by atoms with Gasteiger partial charge < -0.3 is 9.47 Å². The Morgan fingerprint density at radius 2 is 1.04 bits per heavy atom. The molecule has 0 saturated heterocycles. The van der Waals surface area contributed by atoms with Crippen LogP contribution in [0.1, 0.15) is 19.3 Å². The van der Waals surface area contributed by atoms with Crippen LogP contribution in [-0.2, 0) is 9.59 Å². The molecule has 0 aliphatic heterocycles. The molecule has 0 aromatic heterocycles. The van der Waals surface area contributed by atoms with E-state index in [1.165, 1.54) is 0 Å². The fraction of sp³-hybridized carbons (Fsp3) is 0.176. The summed E-state index contributed by atoms with van der Waals surface area (Å²) in [7, 11) is 0. The Kier molecular flexibility index (Phi) is 6.44. The molecule has 0 spiro atoms. The maximum Gasteiger partial charge on any atom is 0.311 e. The highest BCUT2D eigenvalue weighted by Crippen LogP contribution is 2.17. The van der Waals surface area contributed by atoms with Crippen molar-refractivity contribution in [3.8, 4) is 11.5 Å². The van der Waals surface area contributed by atoms with Crippen molar-refractivity contribution in [1.82, 2.24) is 0 Å². The minimum absolute atomic E-state index is 0.123. The largest absolute Gasteiger partial charge is 0.427 e. The summed E-state index contributed by atoms with van der Waals surface area (Å²) in [5.74, 6) is 0.0181. The summed E-state index contributed by atoms with van der Waals surface area (Å²) < 4.78 is 10.2. The molecule has 0 fully saturated rings. The third-order valence-electron chi connectivity index (χ3n) is 2.85. The minimum atomic E-state index is -0.411. The summed E-state index contributed by atoms with van der Waals surface area (Å²) in [5.41, 5.74) is 0. The van der Waals surface area contributed by atoms with Crippen molar-refractivity contribution < 1.29 is 19.1 Å². The van der Waals surface area contributed by atoms with Gasteiger partial charge in [0.15, 0.2) is 0 Å². The zero-order valence-electron chi connectivity index (χ0n) is 12.1. The van der Waals surface area contributed by atoms with E-state index in [0.29, 0.717) is 28.0 Å². The lowest BCUT2D eigenvalue weighted by molar-refractivity contribution is -0.136. The molecule has 0 aliphatic carbocycles. The molecule has 0 amide bonds. The third-order valence-corrected chi connectivity index (χ3v) is 3.36. The molecule has 2 rings (SSSR count). The van der Waals surface area contributed by atoms with Gasteiger partial charge in [-0.3, -0.25) is 9.59 Å². The van der Waals surface area contributed by atoms with E-state index in [2.05, 4.69) is 0 Å². The third kappa shape index (κ3) is 6.30. The van der Waals surface area contributed by atoms with Gasteiger partial charge in [-0.15, -0.1) is 0 Å². The molecular formula is C17H14Cl2O4. The molecule has 6 heteroatoms. The van der Waals surface area contributed by atoms with Crippen molar-refractivity contribution in [3.05, 3.63) is 58.6 Å². The number of halogens is 2. The van der Waals surface area contributed by atoms with Crippen LogP contribution in [0.3, 0.4) is 0 Å². The van der Waals surface area contributed by atoms with Crippen LogP contribution in [0, 0.1) is 0 Å². The zero-order chi connectivity index (χ0) is 16.7. The molecule has 0 unspecified atom stereocenters. The lowest BCUT2D eigenvalue weighted by atomic mass is 10.2. The van der Waals surface area contributed by atoms with Gasteiger partial charge in [0.2, 0.25) is 0 Å². The Morgan fingerprint density at radius 1 is 0.696 bits per heavy atom. The first kappa shape index (κ1) is 17.3. The van der Waals surface area contributed by atoms with Crippen LogP contribution in [0.25, 0.3) is 0 Å². The van der Waals surface area contributed by atoms with Crippen LogP contribution >= 0.6 is 23.2 Å². The second-order valence-corrected chi connectivity index (χ2v) is 5.58. The zero-order valence-corrected chi connectivity index (χ0v) is 13.6. The molecule has 4 nitrogen and oxygen atoms in total. The van der Waals surface area contributed by atoms with Crippen LogP contribution in [0.2, 0.25) is 10.0 Å². The van der Waals surface area contributed by atoms with E-state index in [0.717, 1.165) is 0 Å². The van der Waals surface area contributed by atoms with Gasteiger partial charge in [-0.2, -0.15) is 0 Å². The van der Waals surface area contributed by atoms with Crippen molar-refractivity contribution in [1.29, 1.82) is 0 Å². The van der Waals surface area contributed by atoms with Gasteiger partial charge >= 0.3 is 11.9 Å². The van der Waals surface area contributed by atoms with Gasteiger partial charge in [-0.05, 0) is 55.0 Å². The first-order valence-corrected chi connectivity index (χ1v) is 7.71. The van der Waals surface area contributed by atoms with Crippen molar-refractivity contribution in [3.63, 3.8) is 0 Å². The predicted octanol–water partition coefficient (Wildman–Crippen LogP) is 4.67. The fourth-order valence-corrected chi connectivity index (χ4v) is 2.00. The molecule has 2 aromatic rings. The highest BCUT2D eigenvalue weighted by molar-refractivity contribution is 6.30. The monoisotopic (exact) mass is 352 g/mol. The van der Waals surface area contributed by atoms with Gasteiger partial charge in [-0.25, -0.2) is 0 Å². The van der Waals surface area contributed by atoms with E-state index in [9.17, 15) is 9.59 Å². The van der Waals surface area contributed by atoms with Crippen LogP contribution in [0.5, 0.6) is 11.5 Å². The number of carbonyl (C=O) groups is 2. The quantitative estimate of drug-likeness (QED) is 0.559. The van der Waals surface area contributed by atoms with Gasteiger partial charge in [0, 0.05) is 22.9 Å². The van der Waals surface area contributed by atoms with Gasteiger partial charge in [0.05, 0.1) is 0 Å². The fourth-order valence-electron chi connectivity index (χ4n) is 1.75. The lowest BCUT2D eigenvalue weighted by Gasteiger charge is -2.05. The minimum Gasteiger partial charge on any atom is -0.427 e. The van der Waals surface area contributed by atoms with E-state index in [1.807, 2.05) is 0 Å². The molecule has 0 heterocycles. The SMILES string of the molecule is O=C(CCCC(=O)Oc1ccc(Cl)cc1)Oc1ccc(Cl)cc1. The molecule has 0 N–H and O–H groups in total. The van der Waals surface area contributed by atoms with Crippen molar-refractivity contribution in [2.45, 2.75) is 19.3 Å². The van der Waals surface area contributed by atoms with Crippen LogP contribution < -0.4 is 9.47 Å². The maximum absolute atomic E-state index is 11.7. The summed E-state index contributed by atoms with van der Waals surface area (Å²) in [4.78, 5) is 23.3. The summed E-state index contributed by atoms with van der Waals surface area (Å²) in [5, 5.41) is 1.13.